The summed E-state index contributed by atoms with van der Waals surface area (Å²) in [6, 6.07) is 12.9. The SMILES string of the molecule is CC(C)(C)[Si](C)(C)O[C@@H]1CCc2c(-c3cnc(-c4ccc(F)c(C#N)c4)s3)cccc21. The molecule has 4 rings (SSSR count). The zero-order valence-electron chi connectivity index (χ0n) is 18.6. The number of hydrogen-bond acceptors (Lipinski definition) is 4. The average Bonchev–Trinajstić information content (AvgIpc) is 3.35. The standard InChI is InChI=1S/C25H27FN2OSSi/c1-25(2,3)31(4,5)29-22-12-10-18-19(22)7-6-8-20(18)23-15-28-24(30-23)16-9-11-21(26)17(13-16)14-27/h6-9,11,13,15,22H,10,12H2,1-5H3/t22-/m1/s1. The van der Waals surface area contributed by atoms with Gasteiger partial charge < -0.3 is 4.43 Å². The molecule has 0 aliphatic heterocycles. The Kier molecular flexibility index (Phi) is 5.63. The van der Waals surface area contributed by atoms with Gasteiger partial charge in [0.2, 0.25) is 0 Å². The minimum absolute atomic E-state index is 0.0421. The number of rotatable bonds is 4. The van der Waals surface area contributed by atoms with E-state index in [9.17, 15) is 4.39 Å². The van der Waals surface area contributed by atoms with Crippen LogP contribution >= 0.6 is 11.3 Å². The van der Waals surface area contributed by atoms with E-state index in [1.54, 1.807) is 23.5 Å². The fourth-order valence-corrected chi connectivity index (χ4v) is 6.05. The number of thiazole rings is 1. The summed E-state index contributed by atoms with van der Waals surface area (Å²) in [4.78, 5) is 5.65. The first kappa shape index (κ1) is 21.9. The minimum atomic E-state index is -1.86. The molecule has 160 valence electrons. The number of fused-ring (bicyclic) bond motifs is 1. The first-order valence-corrected chi connectivity index (χ1v) is 14.3. The molecule has 1 atom stereocenters. The maximum Gasteiger partial charge on any atom is 0.192 e. The van der Waals surface area contributed by atoms with Crippen LogP contribution in [0.5, 0.6) is 0 Å². The molecule has 1 aliphatic carbocycles. The van der Waals surface area contributed by atoms with E-state index in [1.807, 2.05) is 12.3 Å². The predicted molar refractivity (Wildman–Crippen MR) is 127 cm³/mol. The molecule has 0 N–H and O–H groups in total. The second-order valence-electron chi connectivity index (χ2n) is 9.61. The molecule has 3 aromatic rings. The molecule has 0 amide bonds. The van der Waals surface area contributed by atoms with Crippen LogP contribution in [0.25, 0.3) is 21.0 Å². The summed E-state index contributed by atoms with van der Waals surface area (Å²) >= 11 is 1.57. The minimum Gasteiger partial charge on any atom is -0.410 e. The van der Waals surface area contributed by atoms with E-state index in [2.05, 4.69) is 57.0 Å². The largest absolute Gasteiger partial charge is 0.410 e. The highest BCUT2D eigenvalue weighted by atomic mass is 32.1. The predicted octanol–water partition coefficient (Wildman–Crippen LogP) is 7.50. The highest BCUT2D eigenvalue weighted by Crippen LogP contribution is 2.46. The van der Waals surface area contributed by atoms with Gasteiger partial charge in [-0.2, -0.15) is 5.26 Å². The number of benzene rings is 2. The van der Waals surface area contributed by atoms with Crippen LogP contribution < -0.4 is 0 Å². The molecular formula is C25H27FN2OSSi. The Bertz CT molecular complexity index is 1170. The van der Waals surface area contributed by atoms with Gasteiger partial charge in [0.05, 0.1) is 16.5 Å². The van der Waals surface area contributed by atoms with E-state index >= 15 is 0 Å². The van der Waals surface area contributed by atoms with Gasteiger partial charge in [0.1, 0.15) is 16.9 Å². The van der Waals surface area contributed by atoms with Gasteiger partial charge in [-0.05, 0) is 65.9 Å². The van der Waals surface area contributed by atoms with E-state index < -0.39 is 14.1 Å². The number of hydrogen-bond donors (Lipinski definition) is 0. The lowest BCUT2D eigenvalue weighted by Gasteiger charge is -2.38. The lowest BCUT2D eigenvalue weighted by Crippen LogP contribution is -2.41. The molecule has 0 fully saturated rings. The summed E-state index contributed by atoms with van der Waals surface area (Å²) in [5.74, 6) is -0.503. The van der Waals surface area contributed by atoms with Crippen molar-refractivity contribution in [2.75, 3.05) is 0 Å². The number of nitrogens with zero attached hydrogens (tertiary/aromatic N) is 2. The maximum absolute atomic E-state index is 13.7. The molecule has 31 heavy (non-hydrogen) atoms. The zero-order chi connectivity index (χ0) is 22.4. The molecule has 1 heterocycles. The summed E-state index contributed by atoms with van der Waals surface area (Å²) in [6.45, 7) is 11.4. The molecule has 0 unspecified atom stereocenters. The molecule has 0 spiro atoms. The Labute approximate surface area is 188 Å². The van der Waals surface area contributed by atoms with E-state index in [0.29, 0.717) is 0 Å². The van der Waals surface area contributed by atoms with Gasteiger partial charge in [-0.3, -0.25) is 0 Å². The van der Waals surface area contributed by atoms with Crippen molar-refractivity contribution < 1.29 is 8.82 Å². The van der Waals surface area contributed by atoms with Crippen molar-refractivity contribution >= 4 is 19.7 Å². The Balaban J connectivity index is 1.65. The third kappa shape index (κ3) is 4.10. The van der Waals surface area contributed by atoms with Crippen LogP contribution in [0.1, 0.15) is 50.0 Å². The second-order valence-corrected chi connectivity index (χ2v) is 15.4. The third-order valence-corrected chi connectivity index (χ3v) is 12.1. The molecule has 0 bridgehead atoms. The molecule has 1 aliphatic rings. The highest BCUT2D eigenvalue weighted by Gasteiger charge is 2.41. The Morgan fingerprint density at radius 3 is 2.71 bits per heavy atom. The van der Waals surface area contributed by atoms with Crippen LogP contribution in [-0.2, 0) is 10.8 Å². The quantitative estimate of drug-likeness (QED) is 0.387. The van der Waals surface area contributed by atoms with Crippen molar-refractivity contribution in [3.8, 4) is 27.1 Å². The van der Waals surface area contributed by atoms with Crippen LogP contribution in [-0.4, -0.2) is 13.3 Å². The summed E-state index contributed by atoms with van der Waals surface area (Å²) in [7, 11) is -1.86. The average molecular weight is 451 g/mol. The summed E-state index contributed by atoms with van der Waals surface area (Å²) in [5.41, 5.74) is 4.65. The molecular weight excluding hydrogens is 423 g/mol. The topological polar surface area (TPSA) is 45.9 Å². The van der Waals surface area contributed by atoms with Gasteiger partial charge in [0, 0.05) is 11.8 Å². The van der Waals surface area contributed by atoms with Crippen molar-refractivity contribution in [2.45, 2.75) is 57.8 Å². The Hall–Kier alpha value is -2.33. The molecule has 6 heteroatoms. The summed E-state index contributed by atoms with van der Waals surface area (Å²) in [5, 5.41) is 10.1. The van der Waals surface area contributed by atoms with E-state index in [0.717, 1.165) is 28.3 Å². The van der Waals surface area contributed by atoms with Crippen LogP contribution in [0.2, 0.25) is 18.1 Å². The molecule has 0 saturated heterocycles. The van der Waals surface area contributed by atoms with Crippen LogP contribution in [0.15, 0.2) is 42.6 Å². The number of aromatic nitrogens is 1. The van der Waals surface area contributed by atoms with Crippen molar-refractivity contribution in [2.24, 2.45) is 0 Å². The van der Waals surface area contributed by atoms with Gasteiger partial charge in [-0.25, -0.2) is 9.37 Å². The van der Waals surface area contributed by atoms with Gasteiger partial charge in [-0.15, -0.1) is 11.3 Å². The smallest absolute Gasteiger partial charge is 0.192 e. The number of halogens is 1. The van der Waals surface area contributed by atoms with Crippen LogP contribution in [0.4, 0.5) is 4.39 Å². The zero-order valence-corrected chi connectivity index (χ0v) is 20.4. The molecule has 0 radical (unpaired) electrons. The lowest BCUT2D eigenvalue weighted by molar-refractivity contribution is 0.185. The third-order valence-electron chi connectivity index (χ3n) is 6.56. The number of nitriles is 1. The van der Waals surface area contributed by atoms with Crippen molar-refractivity contribution in [3.05, 3.63) is 65.1 Å². The Morgan fingerprint density at radius 2 is 2.00 bits per heavy atom. The van der Waals surface area contributed by atoms with Gasteiger partial charge in [0.25, 0.3) is 0 Å². The van der Waals surface area contributed by atoms with Crippen molar-refractivity contribution in [3.63, 3.8) is 0 Å². The normalized spacial score (nSPS) is 16.2. The van der Waals surface area contributed by atoms with E-state index in [4.69, 9.17) is 9.69 Å². The van der Waals surface area contributed by atoms with Gasteiger partial charge in [0.15, 0.2) is 8.32 Å². The van der Waals surface area contributed by atoms with E-state index in [-0.39, 0.29) is 16.7 Å². The first-order chi connectivity index (χ1) is 14.6. The molecule has 0 saturated carbocycles. The van der Waals surface area contributed by atoms with E-state index in [1.165, 1.54) is 22.8 Å². The summed E-state index contributed by atoms with van der Waals surface area (Å²) < 4.78 is 20.4. The van der Waals surface area contributed by atoms with Crippen LogP contribution in [0, 0.1) is 17.1 Å². The fraction of sp³-hybridized carbons (Fsp3) is 0.360. The highest BCUT2D eigenvalue weighted by molar-refractivity contribution is 7.18. The van der Waals surface area contributed by atoms with Gasteiger partial charge >= 0.3 is 0 Å². The lowest BCUT2D eigenvalue weighted by atomic mass is 10.0. The Morgan fingerprint density at radius 1 is 1.23 bits per heavy atom. The molecule has 3 nitrogen and oxygen atoms in total. The van der Waals surface area contributed by atoms with Crippen molar-refractivity contribution in [1.29, 1.82) is 5.26 Å². The first-order valence-electron chi connectivity index (χ1n) is 10.6. The molecule has 2 aromatic carbocycles. The monoisotopic (exact) mass is 450 g/mol. The maximum atomic E-state index is 13.7. The van der Waals surface area contributed by atoms with Gasteiger partial charge in [-0.1, -0.05) is 39.0 Å². The summed E-state index contributed by atoms with van der Waals surface area (Å²) in [6.07, 6.45) is 4.03. The second kappa shape index (κ2) is 7.98. The van der Waals surface area contributed by atoms with Crippen LogP contribution in [0.3, 0.4) is 0 Å². The fourth-order valence-electron chi connectivity index (χ4n) is 3.78. The van der Waals surface area contributed by atoms with Crippen molar-refractivity contribution in [1.82, 2.24) is 4.98 Å². The molecule has 1 aromatic heterocycles.